The van der Waals surface area contributed by atoms with Crippen LogP contribution < -0.4 is 5.32 Å². The van der Waals surface area contributed by atoms with Crippen molar-refractivity contribution in [3.05, 3.63) is 29.3 Å². The molecule has 0 aliphatic heterocycles. The normalized spacial score (nSPS) is 14.6. The highest BCUT2D eigenvalue weighted by molar-refractivity contribution is 6.33. The molecule has 0 atom stereocenters. The van der Waals surface area contributed by atoms with E-state index in [1.165, 1.54) is 23.7 Å². The van der Waals surface area contributed by atoms with Crippen molar-refractivity contribution in [2.45, 2.75) is 19.4 Å². The van der Waals surface area contributed by atoms with Crippen molar-refractivity contribution in [3.63, 3.8) is 0 Å². The fourth-order valence-corrected chi connectivity index (χ4v) is 2.04. The lowest BCUT2D eigenvalue weighted by molar-refractivity contribution is 0.102. The van der Waals surface area contributed by atoms with Crippen LogP contribution in [-0.4, -0.2) is 25.5 Å². The number of carbonyl (C=O) groups excluding carboxylic acids is 1. The van der Waals surface area contributed by atoms with Crippen LogP contribution in [0.1, 0.15) is 23.2 Å². The molecule has 1 aliphatic rings. The number of rotatable bonds is 4. The maximum atomic E-state index is 12.0. The van der Waals surface area contributed by atoms with Crippen molar-refractivity contribution in [3.8, 4) is 0 Å². The Morgan fingerprint density at radius 3 is 2.89 bits per heavy atom. The Hall–Kier alpha value is -1.82. The molecule has 1 N–H and O–H groups in total. The lowest BCUT2D eigenvalue weighted by Crippen LogP contribution is -2.11. The minimum Gasteiger partial charge on any atom is -0.319 e. The standard InChI is InChI=1S/C12H14ClN5O/c1-17-11(13)10(5-14-17)12(19)16-9-4-15-18(7-9)6-8-2-3-8/h4-5,7-8H,2-3,6H2,1H3,(H,16,19). The quantitative estimate of drug-likeness (QED) is 0.930. The summed E-state index contributed by atoms with van der Waals surface area (Å²) in [7, 11) is 1.69. The van der Waals surface area contributed by atoms with Gasteiger partial charge in [0.1, 0.15) is 5.15 Å². The van der Waals surface area contributed by atoms with Crippen molar-refractivity contribution in [1.82, 2.24) is 19.6 Å². The van der Waals surface area contributed by atoms with E-state index in [0.29, 0.717) is 16.4 Å². The summed E-state index contributed by atoms with van der Waals surface area (Å²) in [4.78, 5) is 12.0. The summed E-state index contributed by atoms with van der Waals surface area (Å²) in [5, 5.41) is 11.2. The number of nitrogens with one attached hydrogen (secondary N) is 1. The summed E-state index contributed by atoms with van der Waals surface area (Å²) in [5.41, 5.74) is 1.03. The smallest absolute Gasteiger partial charge is 0.260 e. The van der Waals surface area contributed by atoms with E-state index in [-0.39, 0.29) is 5.91 Å². The van der Waals surface area contributed by atoms with E-state index in [9.17, 15) is 4.79 Å². The third-order valence-corrected chi connectivity index (χ3v) is 3.59. The molecule has 3 rings (SSSR count). The van der Waals surface area contributed by atoms with Crippen LogP contribution in [0.2, 0.25) is 5.15 Å². The summed E-state index contributed by atoms with van der Waals surface area (Å²) in [6.07, 6.45) is 7.47. The summed E-state index contributed by atoms with van der Waals surface area (Å²) in [6, 6.07) is 0. The molecule has 0 bridgehead atoms. The van der Waals surface area contributed by atoms with E-state index in [0.717, 1.165) is 12.5 Å². The molecule has 6 nitrogen and oxygen atoms in total. The van der Waals surface area contributed by atoms with Crippen LogP contribution in [0.3, 0.4) is 0 Å². The second-order valence-corrected chi connectivity index (χ2v) is 5.18. The van der Waals surface area contributed by atoms with Crippen LogP contribution in [0.5, 0.6) is 0 Å². The molecule has 2 heterocycles. The van der Waals surface area contributed by atoms with Crippen molar-refractivity contribution >= 4 is 23.2 Å². The van der Waals surface area contributed by atoms with Gasteiger partial charge < -0.3 is 5.32 Å². The molecule has 19 heavy (non-hydrogen) atoms. The number of carbonyl (C=O) groups is 1. The van der Waals surface area contributed by atoms with Gasteiger partial charge in [-0.3, -0.25) is 14.2 Å². The number of nitrogens with zero attached hydrogens (tertiary/aromatic N) is 4. The van der Waals surface area contributed by atoms with Gasteiger partial charge in [-0.25, -0.2) is 0 Å². The molecule has 0 aromatic carbocycles. The largest absolute Gasteiger partial charge is 0.319 e. The number of aromatic nitrogens is 4. The highest BCUT2D eigenvalue weighted by atomic mass is 35.5. The number of anilines is 1. The summed E-state index contributed by atoms with van der Waals surface area (Å²) in [5.74, 6) is 0.472. The van der Waals surface area contributed by atoms with Gasteiger partial charge >= 0.3 is 0 Å². The Kier molecular flexibility index (Phi) is 3.02. The minimum atomic E-state index is -0.274. The van der Waals surface area contributed by atoms with E-state index in [1.54, 1.807) is 13.2 Å². The highest BCUT2D eigenvalue weighted by Crippen LogP contribution is 2.30. The number of hydrogen-bond acceptors (Lipinski definition) is 3. The van der Waals surface area contributed by atoms with E-state index >= 15 is 0 Å². The van der Waals surface area contributed by atoms with Crippen LogP contribution in [0.4, 0.5) is 5.69 Å². The first-order valence-corrected chi connectivity index (χ1v) is 6.52. The van der Waals surface area contributed by atoms with Gasteiger partial charge in [-0.05, 0) is 18.8 Å². The molecular weight excluding hydrogens is 266 g/mol. The van der Waals surface area contributed by atoms with Gasteiger partial charge in [0.25, 0.3) is 5.91 Å². The van der Waals surface area contributed by atoms with E-state index in [1.807, 2.05) is 10.9 Å². The molecule has 0 saturated heterocycles. The lowest BCUT2D eigenvalue weighted by Gasteiger charge is -2.01. The zero-order valence-corrected chi connectivity index (χ0v) is 11.3. The Bertz CT molecular complexity index is 613. The average molecular weight is 280 g/mol. The van der Waals surface area contributed by atoms with E-state index < -0.39 is 0 Å². The zero-order chi connectivity index (χ0) is 13.4. The number of hydrogen-bond donors (Lipinski definition) is 1. The topological polar surface area (TPSA) is 64.7 Å². The predicted molar refractivity (Wildman–Crippen MR) is 71.1 cm³/mol. The molecule has 1 saturated carbocycles. The first-order valence-electron chi connectivity index (χ1n) is 6.15. The first-order chi connectivity index (χ1) is 9.13. The van der Waals surface area contributed by atoms with Crippen LogP contribution in [-0.2, 0) is 13.6 Å². The molecule has 0 spiro atoms. The lowest BCUT2D eigenvalue weighted by atomic mass is 10.3. The van der Waals surface area contributed by atoms with Gasteiger partial charge in [-0.2, -0.15) is 10.2 Å². The maximum Gasteiger partial charge on any atom is 0.260 e. The fraction of sp³-hybridized carbons (Fsp3) is 0.417. The first kappa shape index (κ1) is 12.2. The monoisotopic (exact) mass is 279 g/mol. The third kappa shape index (κ3) is 2.63. The third-order valence-electron chi connectivity index (χ3n) is 3.14. The molecule has 0 radical (unpaired) electrons. The Morgan fingerprint density at radius 1 is 1.47 bits per heavy atom. The molecule has 100 valence electrons. The Labute approximate surface area is 115 Å². The second kappa shape index (κ2) is 4.70. The zero-order valence-electron chi connectivity index (χ0n) is 10.5. The maximum absolute atomic E-state index is 12.0. The van der Waals surface area contributed by atoms with Crippen LogP contribution >= 0.6 is 11.6 Å². The molecule has 0 unspecified atom stereocenters. The fourth-order valence-electron chi connectivity index (χ4n) is 1.87. The molecular formula is C12H14ClN5O. The molecule has 7 heteroatoms. The van der Waals surface area contributed by atoms with Gasteiger partial charge in [0, 0.05) is 19.8 Å². The number of aryl methyl sites for hydroxylation is 1. The summed E-state index contributed by atoms with van der Waals surface area (Å²) >= 11 is 5.97. The number of amides is 1. The van der Waals surface area contributed by atoms with Crippen LogP contribution in [0, 0.1) is 5.92 Å². The highest BCUT2D eigenvalue weighted by Gasteiger charge is 2.22. The number of halogens is 1. The van der Waals surface area contributed by atoms with E-state index in [2.05, 4.69) is 15.5 Å². The van der Waals surface area contributed by atoms with E-state index in [4.69, 9.17) is 11.6 Å². The van der Waals surface area contributed by atoms with Crippen molar-refractivity contribution in [1.29, 1.82) is 0 Å². The summed E-state index contributed by atoms with van der Waals surface area (Å²) < 4.78 is 3.31. The average Bonchev–Trinajstić information content (AvgIpc) is 2.98. The van der Waals surface area contributed by atoms with Gasteiger partial charge in [-0.15, -0.1) is 0 Å². The van der Waals surface area contributed by atoms with Gasteiger partial charge in [0.2, 0.25) is 0 Å². The summed E-state index contributed by atoms with van der Waals surface area (Å²) in [6.45, 7) is 0.920. The van der Waals surface area contributed by atoms with Gasteiger partial charge in [0.05, 0.1) is 23.6 Å². The van der Waals surface area contributed by atoms with Gasteiger partial charge in [-0.1, -0.05) is 11.6 Å². The molecule has 1 amide bonds. The van der Waals surface area contributed by atoms with Crippen molar-refractivity contribution in [2.24, 2.45) is 13.0 Å². The van der Waals surface area contributed by atoms with Crippen molar-refractivity contribution < 1.29 is 4.79 Å². The Balaban J connectivity index is 1.68. The van der Waals surface area contributed by atoms with Gasteiger partial charge in [0.15, 0.2) is 0 Å². The molecule has 2 aromatic rings. The molecule has 1 aliphatic carbocycles. The Morgan fingerprint density at radius 2 is 2.26 bits per heavy atom. The molecule has 2 aromatic heterocycles. The molecule has 1 fully saturated rings. The van der Waals surface area contributed by atoms with Crippen LogP contribution in [0.15, 0.2) is 18.6 Å². The SMILES string of the molecule is Cn1ncc(C(=O)Nc2cnn(CC3CC3)c2)c1Cl. The minimum absolute atomic E-state index is 0.274. The second-order valence-electron chi connectivity index (χ2n) is 4.82. The predicted octanol–water partition coefficient (Wildman–Crippen LogP) is 1.93. The van der Waals surface area contributed by atoms with Crippen molar-refractivity contribution in [2.75, 3.05) is 5.32 Å². The van der Waals surface area contributed by atoms with Crippen LogP contribution in [0.25, 0.3) is 0 Å².